The van der Waals surface area contributed by atoms with E-state index in [9.17, 15) is 8.78 Å². The van der Waals surface area contributed by atoms with Gasteiger partial charge in [0.05, 0.1) is 6.61 Å². The van der Waals surface area contributed by atoms with Crippen LogP contribution in [0, 0.1) is 11.6 Å². The summed E-state index contributed by atoms with van der Waals surface area (Å²) in [5.74, 6) is -1.09. The smallest absolute Gasteiger partial charge is 0.126 e. The molecule has 4 heteroatoms. The van der Waals surface area contributed by atoms with Crippen molar-refractivity contribution in [3.63, 3.8) is 0 Å². The lowest BCUT2D eigenvalue weighted by Gasteiger charge is -2.15. The van der Waals surface area contributed by atoms with Crippen molar-refractivity contribution in [3.05, 3.63) is 35.4 Å². The van der Waals surface area contributed by atoms with Gasteiger partial charge < -0.3 is 10.1 Å². The Hall–Kier alpha value is -1.00. The van der Waals surface area contributed by atoms with Gasteiger partial charge in [0.1, 0.15) is 11.6 Å². The van der Waals surface area contributed by atoms with Gasteiger partial charge in [0.2, 0.25) is 0 Å². The van der Waals surface area contributed by atoms with Crippen molar-refractivity contribution in [1.82, 2.24) is 5.32 Å². The van der Waals surface area contributed by atoms with Crippen LogP contribution in [0.15, 0.2) is 18.2 Å². The number of ether oxygens (including phenoxy) is 1. The third-order valence-electron chi connectivity index (χ3n) is 2.38. The predicted molar refractivity (Wildman–Crippen MR) is 59.2 cm³/mol. The van der Waals surface area contributed by atoms with Crippen molar-refractivity contribution < 1.29 is 13.5 Å². The first-order valence-electron chi connectivity index (χ1n) is 5.33. The lowest BCUT2D eigenvalue weighted by atomic mass is 10.2. The maximum absolute atomic E-state index is 12.9. The van der Waals surface area contributed by atoms with Gasteiger partial charge in [-0.05, 0) is 24.1 Å². The molecule has 2 nitrogen and oxygen atoms in total. The first-order valence-corrected chi connectivity index (χ1v) is 5.33. The van der Waals surface area contributed by atoms with Crippen molar-refractivity contribution >= 4 is 0 Å². The normalized spacial score (nSPS) is 12.8. The second-order valence-corrected chi connectivity index (χ2v) is 3.72. The van der Waals surface area contributed by atoms with Crippen LogP contribution in [0.3, 0.4) is 0 Å². The molecule has 0 heterocycles. The summed E-state index contributed by atoms with van der Waals surface area (Å²) in [5, 5.41) is 3.18. The van der Waals surface area contributed by atoms with Gasteiger partial charge >= 0.3 is 0 Å². The topological polar surface area (TPSA) is 21.3 Å². The third-order valence-corrected chi connectivity index (χ3v) is 2.38. The molecular weight excluding hydrogens is 212 g/mol. The van der Waals surface area contributed by atoms with E-state index in [1.54, 1.807) is 7.11 Å². The van der Waals surface area contributed by atoms with Gasteiger partial charge in [0, 0.05) is 25.8 Å². The Kier molecular flexibility index (Phi) is 5.35. The van der Waals surface area contributed by atoms with E-state index >= 15 is 0 Å². The zero-order valence-electron chi connectivity index (χ0n) is 9.59. The monoisotopic (exact) mass is 229 g/mol. The van der Waals surface area contributed by atoms with E-state index in [2.05, 4.69) is 5.32 Å². The average Bonchev–Trinajstić information content (AvgIpc) is 2.23. The zero-order chi connectivity index (χ0) is 12.0. The predicted octanol–water partition coefficient (Wildman–Crippen LogP) is 2.48. The zero-order valence-corrected chi connectivity index (χ0v) is 9.59. The Morgan fingerprint density at radius 3 is 2.38 bits per heavy atom. The van der Waals surface area contributed by atoms with Gasteiger partial charge in [-0.15, -0.1) is 0 Å². The van der Waals surface area contributed by atoms with Crippen molar-refractivity contribution in [2.45, 2.75) is 25.9 Å². The minimum absolute atomic E-state index is 0.205. The summed E-state index contributed by atoms with van der Waals surface area (Å²) in [4.78, 5) is 0. The molecule has 1 atom stereocenters. The van der Waals surface area contributed by atoms with Crippen LogP contribution in [0.25, 0.3) is 0 Å². The first kappa shape index (κ1) is 13.1. The van der Waals surface area contributed by atoms with Crippen LogP contribution in [0.1, 0.15) is 18.9 Å². The molecular formula is C12H17F2NO. The summed E-state index contributed by atoms with van der Waals surface area (Å²) in [7, 11) is 1.63. The minimum Gasteiger partial charge on any atom is -0.383 e. The minimum atomic E-state index is -0.545. The summed E-state index contributed by atoms with van der Waals surface area (Å²) >= 11 is 0. The Morgan fingerprint density at radius 1 is 1.25 bits per heavy atom. The molecule has 0 aliphatic heterocycles. The number of methoxy groups -OCH3 is 1. The van der Waals surface area contributed by atoms with E-state index in [-0.39, 0.29) is 6.04 Å². The molecule has 1 aromatic rings. The van der Waals surface area contributed by atoms with Crippen LogP contribution in [0.4, 0.5) is 8.78 Å². The lowest BCUT2D eigenvalue weighted by molar-refractivity contribution is 0.164. The molecule has 0 amide bonds. The van der Waals surface area contributed by atoms with E-state index in [0.29, 0.717) is 18.7 Å². The van der Waals surface area contributed by atoms with E-state index in [4.69, 9.17) is 4.74 Å². The highest BCUT2D eigenvalue weighted by molar-refractivity contribution is 5.17. The molecule has 0 aliphatic carbocycles. The highest BCUT2D eigenvalue weighted by atomic mass is 19.1. The van der Waals surface area contributed by atoms with Crippen molar-refractivity contribution in [2.75, 3.05) is 13.7 Å². The molecule has 1 unspecified atom stereocenters. The molecule has 0 aliphatic rings. The quantitative estimate of drug-likeness (QED) is 0.809. The summed E-state index contributed by atoms with van der Waals surface area (Å²) < 4.78 is 30.8. The highest BCUT2D eigenvalue weighted by Gasteiger charge is 2.06. The number of benzene rings is 1. The van der Waals surface area contributed by atoms with Crippen molar-refractivity contribution in [2.24, 2.45) is 0 Å². The number of halogens is 2. The lowest BCUT2D eigenvalue weighted by Crippen LogP contribution is -2.32. The fraction of sp³-hybridized carbons (Fsp3) is 0.500. The van der Waals surface area contributed by atoms with Gasteiger partial charge in [0.15, 0.2) is 0 Å². The van der Waals surface area contributed by atoms with E-state index in [1.807, 2.05) is 6.92 Å². The maximum atomic E-state index is 12.9. The molecule has 16 heavy (non-hydrogen) atoms. The van der Waals surface area contributed by atoms with Gasteiger partial charge in [-0.2, -0.15) is 0 Å². The van der Waals surface area contributed by atoms with Crippen LogP contribution in [0.2, 0.25) is 0 Å². The van der Waals surface area contributed by atoms with E-state index in [0.717, 1.165) is 12.5 Å². The largest absolute Gasteiger partial charge is 0.383 e. The number of hydrogen-bond donors (Lipinski definition) is 1. The average molecular weight is 229 g/mol. The van der Waals surface area contributed by atoms with E-state index < -0.39 is 11.6 Å². The third kappa shape index (κ3) is 4.24. The molecule has 0 saturated heterocycles. The highest BCUT2D eigenvalue weighted by Crippen LogP contribution is 2.08. The summed E-state index contributed by atoms with van der Waals surface area (Å²) in [5.41, 5.74) is 0.604. The second-order valence-electron chi connectivity index (χ2n) is 3.72. The van der Waals surface area contributed by atoms with Gasteiger partial charge in [0.25, 0.3) is 0 Å². The molecule has 1 aromatic carbocycles. The number of nitrogens with one attached hydrogen (secondary N) is 1. The Bertz CT molecular complexity index is 311. The van der Waals surface area contributed by atoms with Gasteiger partial charge in [-0.3, -0.25) is 0 Å². The fourth-order valence-electron chi connectivity index (χ4n) is 1.50. The molecule has 1 rings (SSSR count). The summed E-state index contributed by atoms with van der Waals surface area (Å²) in [6.07, 6.45) is 0.908. The number of rotatable bonds is 6. The van der Waals surface area contributed by atoms with Crippen LogP contribution in [-0.2, 0) is 11.3 Å². The Balaban J connectivity index is 2.52. The van der Waals surface area contributed by atoms with E-state index in [1.165, 1.54) is 12.1 Å². The van der Waals surface area contributed by atoms with Crippen LogP contribution in [-0.4, -0.2) is 19.8 Å². The molecule has 0 fully saturated rings. The standard InChI is InChI=1S/C12H17F2NO/c1-3-12(8-16-2)15-7-9-4-10(13)6-11(14)5-9/h4-6,12,15H,3,7-8H2,1-2H3. The van der Waals surface area contributed by atoms with Gasteiger partial charge in [-0.1, -0.05) is 6.92 Å². The molecule has 0 bridgehead atoms. The summed E-state index contributed by atoms with van der Waals surface area (Å²) in [6.45, 7) is 3.06. The molecule has 0 aromatic heterocycles. The fourth-order valence-corrected chi connectivity index (χ4v) is 1.50. The van der Waals surface area contributed by atoms with Crippen molar-refractivity contribution in [1.29, 1.82) is 0 Å². The Morgan fingerprint density at radius 2 is 1.88 bits per heavy atom. The van der Waals surface area contributed by atoms with Gasteiger partial charge in [-0.25, -0.2) is 8.78 Å². The molecule has 0 saturated carbocycles. The maximum Gasteiger partial charge on any atom is 0.126 e. The van der Waals surface area contributed by atoms with Crippen molar-refractivity contribution in [3.8, 4) is 0 Å². The number of hydrogen-bond acceptors (Lipinski definition) is 2. The van der Waals surface area contributed by atoms with Crippen LogP contribution >= 0.6 is 0 Å². The molecule has 90 valence electrons. The SMILES string of the molecule is CCC(COC)NCc1cc(F)cc(F)c1. The molecule has 0 radical (unpaired) electrons. The molecule has 0 spiro atoms. The molecule has 1 N–H and O–H groups in total. The second kappa shape index (κ2) is 6.55. The van der Waals surface area contributed by atoms with Crippen LogP contribution in [0.5, 0.6) is 0 Å². The Labute approximate surface area is 94.6 Å². The summed E-state index contributed by atoms with van der Waals surface area (Å²) in [6, 6.07) is 3.73. The van der Waals surface area contributed by atoms with Crippen LogP contribution < -0.4 is 5.32 Å². The first-order chi connectivity index (χ1) is 7.65.